The molecule has 160 valence electrons. The van der Waals surface area contributed by atoms with Crippen molar-refractivity contribution >= 4 is 28.8 Å². The summed E-state index contributed by atoms with van der Waals surface area (Å²) < 4.78 is 1.84. The summed E-state index contributed by atoms with van der Waals surface area (Å²) in [5, 5.41) is 6.53. The van der Waals surface area contributed by atoms with E-state index in [4.69, 9.17) is 0 Å². The second-order valence-electron chi connectivity index (χ2n) is 8.86. The summed E-state index contributed by atoms with van der Waals surface area (Å²) in [7, 11) is 0. The Morgan fingerprint density at radius 1 is 1.20 bits per heavy atom. The van der Waals surface area contributed by atoms with Gasteiger partial charge in [0.05, 0.1) is 0 Å². The van der Waals surface area contributed by atoms with Gasteiger partial charge < -0.3 is 20.1 Å². The number of hydrogen-bond donors (Lipinski definition) is 2. The van der Waals surface area contributed by atoms with E-state index in [1.165, 1.54) is 19.2 Å². The molecule has 3 aliphatic rings. The molecule has 0 bridgehead atoms. The third-order valence-corrected chi connectivity index (χ3v) is 6.51. The molecule has 3 heterocycles. The zero-order valence-corrected chi connectivity index (χ0v) is 17.6. The number of nitrogens with one attached hydrogen (secondary N) is 2. The Hall–Kier alpha value is -2.71. The van der Waals surface area contributed by atoms with E-state index in [1.807, 2.05) is 16.4 Å². The van der Waals surface area contributed by atoms with Crippen LogP contribution >= 0.6 is 0 Å². The number of fused-ring (bicyclic) bond motifs is 1. The summed E-state index contributed by atoms with van der Waals surface area (Å²) in [6, 6.07) is 0.282. The lowest BCUT2D eigenvalue weighted by atomic mass is 10.2. The van der Waals surface area contributed by atoms with Crippen LogP contribution in [0.1, 0.15) is 56.6 Å². The van der Waals surface area contributed by atoms with Gasteiger partial charge in [0.25, 0.3) is 5.91 Å². The second-order valence-corrected chi connectivity index (χ2v) is 8.86. The molecule has 30 heavy (non-hydrogen) atoms. The Morgan fingerprint density at radius 3 is 2.70 bits per heavy atom. The average molecular weight is 412 g/mol. The van der Waals surface area contributed by atoms with Gasteiger partial charge in [0.1, 0.15) is 6.33 Å². The van der Waals surface area contributed by atoms with Crippen molar-refractivity contribution in [3.63, 3.8) is 0 Å². The van der Waals surface area contributed by atoms with E-state index in [1.54, 1.807) is 0 Å². The molecule has 3 fully saturated rings. The van der Waals surface area contributed by atoms with Crippen molar-refractivity contribution in [3.05, 3.63) is 12.2 Å². The summed E-state index contributed by atoms with van der Waals surface area (Å²) >= 11 is 0. The van der Waals surface area contributed by atoms with Crippen LogP contribution < -0.4 is 10.6 Å². The van der Waals surface area contributed by atoms with Gasteiger partial charge in [-0.3, -0.25) is 9.59 Å². The second kappa shape index (κ2) is 7.52. The van der Waals surface area contributed by atoms with E-state index >= 15 is 0 Å². The summed E-state index contributed by atoms with van der Waals surface area (Å²) in [5.41, 5.74) is 1.26. The van der Waals surface area contributed by atoms with Gasteiger partial charge >= 0.3 is 0 Å². The molecule has 9 heteroatoms. The maximum absolute atomic E-state index is 12.9. The van der Waals surface area contributed by atoms with Gasteiger partial charge in [0.15, 0.2) is 17.0 Å². The van der Waals surface area contributed by atoms with Crippen molar-refractivity contribution in [3.8, 4) is 0 Å². The van der Waals surface area contributed by atoms with Crippen LogP contribution in [0.2, 0.25) is 0 Å². The molecule has 1 aliphatic heterocycles. The van der Waals surface area contributed by atoms with Gasteiger partial charge in [-0.25, -0.2) is 15.0 Å². The Kier molecular flexibility index (Phi) is 4.83. The minimum atomic E-state index is -0.165. The highest BCUT2D eigenvalue weighted by atomic mass is 16.2. The van der Waals surface area contributed by atoms with E-state index in [9.17, 15) is 9.59 Å². The summed E-state index contributed by atoms with van der Waals surface area (Å²) in [5.74, 6) is 1.94. The number of aromatic nitrogens is 4. The van der Waals surface area contributed by atoms with Gasteiger partial charge in [0, 0.05) is 37.6 Å². The lowest BCUT2D eigenvalue weighted by Gasteiger charge is -2.17. The van der Waals surface area contributed by atoms with E-state index < -0.39 is 0 Å². The van der Waals surface area contributed by atoms with E-state index in [2.05, 4.69) is 32.5 Å². The summed E-state index contributed by atoms with van der Waals surface area (Å²) in [6.45, 7) is 6.09. The zero-order valence-electron chi connectivity index (χ0n) is 17.6. The first-order valence-corrected chi connectivity index (χ1v) is 11.1. The molecule has 2 aromatic heterocycles. The predicted molar refractivity (Wildman–Crippen MR) is 112 cm³/mol. The molecular formula is C21H29N7O2. The molecule has 0 radical (unpaired) electrons. The predicted octanol–water partition coefficient (Wildman–Crippen LogP) is 1.80. The average Bonchev–Trinajstić information content (AvgIpc) is 3.66. The number of amides is 2. The molecule has 2 aliphatic carbocycles. The minimum absolute atomic E-state index is 0.129. The van der Waals surface area contributed by atoms with Crippen LogP contribution in [0.15, 0.2) is 6.33 Å². The molecule has 5 rings (SSSR count). The van der Waals surface area contributed by atoms with Crippen LogP contribution in [0, 0.1) is 11.8 Å². The first-order valence-electron chi connectivity index (χ1n) is 11.1. The molecule has 2 saturated carbocycles. The number of carbonyl (C=O) groups excluding carboxylic acids is 2. The molecule has 2 aromatic rings. The standard InChI is InChI=1S/C21H29N7O2/c1-3-28-18-16(26-19(28)20(29)24-12(2)13-4-5-13)17(22-11-23-18)25-15-8-9-27(10-15)21(30)14-6-7-14/h11-15H,3-10H2,1-2H3,(H,24,29)(H,22,23,25)/t12-,15+/m1/s1. The van der Waals surface area contributed by atoms with Gasteiger partial charge in [-0.15, -0.1) is 0 Å². The fourth-order valence-corrected chi connectivity index (χ4v) is 4.36. The van der Waals surface area contributed by atoms with Crippen molar-refractivity contribution < 1.29 is 9.59 Å². The third-order valence-electron chi connectivity index (χ3n) is 6.51. The van der Waals surface area contributed by atoms with Crippen LogP contribution in [-0.2, 0) is 11.3 Å². The number of anilines is 1. The molecule has 0 unspecified atom stereocenters. The maximum Gasteiger partial charge on any atom is 0.287 e. The quantitative estimate of drug-likeness (QED) is 0.720. The van der Waals surface area contributed by atoms with E-state index in [0.717, 1.165) is 25.8 Å². The first kappa shape index (κ1) is 19.3. The molecule has 2 atom stereocenters. The summed E-state index contributed by atoms with van der Waals surface area (Å²) in [4.78, 5) is 40.6. The minimum Gasteiger partial charge on any atom is -0.364 e. The van der Waals surface area contributed by atoms with Gasteiger partial charge in [-0.1, -0.05) is 0 Å². The number of imidazole rings is 1. The van der Waals surface area contributed by atoms with Crippen molar-refractivity contribution in [1.29, 1.82) is 0 Å². The molecular weight excluding hydrogens is 382 g/mol. The molecule has 0 aromatic carbocycles. The summed E-state index contributed by atoms with van der Waals surface area (Å²) in [6.07, 6.45) is 6.79. The monoisotopic (exact) mass is 411 g/mol. The van der Waals surface area contributed by atoms with Crippen LogP contribution in [-0.4, -0.2) is 61.4 Å². The Balaban J connectivity index is 1.36. The Bertz CT molecular complexity index is 979. The number of nitrogens with zero attached hydrogens (tertiary/aromatic N) is 5. The highest BCUT2D eigenvalue weighted by molar-refractivity contribution is 5.96. The van der Waals surface area contributed by atoms with E-state index in [-0.39, 0.29) is 29.8 Å². The number of likely N-dealkylation sites (tertiary alicyclic amines) is 1. The normalized spacial score (nSPS) is 22.3. The number of carbonyl (C=O) groups is 2. The zero-order chi connectivity index (χ0) is 20.8. The third kappa shape index (κ3) is 3.61. The van der Waals surface area contributed by atoms with Crippen molar-refractivity contribution in [2.45, 2.75) is 64.6 Å². The highest BCUT2D eigenvalue weighted by Crippen LogP contribution is 2.33. The smallest absolute Gasteiger partial charge is 0.287 e. The molecule has 1 saturated heterocycles. The largest absolute Gasteiger partial charge is 0.364 e. The SMILES string of the molecule is CCn1c(C(=O)N[C@H](C)C2CC2)nc2c(N[C@H]3CCN(C(=O)C4CC4)C3)ncnc21. The Labute approximate surface area is 175 Å². The van der Waals surface area contributed by atoms with Crippen LogP contribution in [0.4, 0.5) is 5.82 Å². The van der Waals surface area contributed by atoms with Gasteiger partial charge in [-0.05, 0) is 51.9 Å². The lowest BCUT2D eigenvalue weighted by Crippen LogP contribution is -2.35. The van der Waals surface area contributed by atoms with Crippen LogP contribution in [0.5, 0.6) is 0 Å². The first-order chi connectivity index (χ1) is 14.5. The molecule has 2 N–H and O–H groups in total. The van der Waals surface area contributed by atoms with Crippen molar-refractivity contribution in [2.24, 2.45) is 11.8 Å². The molecule has 9 nitrogen and oxygen atoms in total. The van der Waals surface area contributed by atoms with Crippen molar-refractivity contribution in [1.82, 2.24) is 29.7 Å². The fourth-order valence-electron chi connectivity index (χ4n) is 4.36. The molecule has 0 spiro atoms. The van der Waals surface area contributed by atoms with Crippen molar-refractivity contribution in [2.75, 3.05) is 18.4 Å². The fraction of sp³-hybridized carbons (Fsp3) is 0.667. The van der Waals surface area contributed by atoms with E-state index in [0.29, 0.717) is 41.8 Å². The maximum atomic E-state index is 12.9. The number of rotatable bonds is 7. The van der Waals surface area contributed by atoms with Crippen LogP contribution in [0.25, 0.3) is 11.2 Å². The number of aryl methyl sites for hydroxylation is 1. The Morgan fingerprint density at radius 2 is 2.00 bits per heavy atom. The van der Waals surface area contributed by atoms with Gasteiger partial charge in [-0.2, -0.15) is 0 Å². The van der Waals surface area contributed by atoms with Crippen LogP contribution in [0.3, 0.4) is 0 Å². The lowest BCUT2D eigenvalue weighted by molar-refractivity contribution is -0.131. The highest BCUT2D eigenvalue weighted by Gasteiger charge is 2.37. The number of hydrogen-bond acceptors (Lipinski definition) is 6. The topological polar surface area (TPSA) is 105 Å². The molecule has 2 amide bonds. The van der Waals surface area contributed by atoms with Gasteiger partial charge in [0.2, 0.25) is 11.7 Å².